The van der Waals surface area contributed by atoms with Gasteiger partial charge in [-0.25, -0.2) is 0 Å². The molecule has 0 aliphatic carbocycles. The summed E-state index contributed by atoms with van der Waals surface area (Å²) in [5, 5.41) is 22.2. The van der Waals surface area contributed by atoms with Crippen LogP contribution in [-0.2, 0) is 13.2 Å². The van der Waals surface area contributed by atoms with Crippen LogP contribution in [0.3, 0.4) is 0 Å². The summed E-state index contributed by atoms with van der Waals surface area (Å²) < 4.78 is 5.86. The van der Waals surface area contributed by atoms with E-state index in [1.165, 1.54) is 16.9 Å². The molecule has 0 saturated carbocycles. The second-order valence-electron chi connectivity index (χ2n) is 5.95. The van der Waals surface area contributed by atoms with Crippen LogP contribution in [0.2, 0.25) is 0 Å². The highest BCUT2D eigenvalue weighted by Crippen LogP contribution is 2.25. The number of aliphatic hydroxyl groups is 1. The summed E-state index contributed by atoms with van der Waals surface area (Å²) in [6, 6.07) is 18.2. The van der Waals surface area contributed by atoms with Crippen LogP contribution < -0.4 is 10.1 Å². The van der Waals surface area contributed by atoms with E-state index in [9.17, 15) is 0 Å². The predicted molar refractivity (Wildman–Crippen MR) is 103 cm³/mol. The minimum atomic E-state index is -0.0566. The third kappa shape index (κ3) is 5.11. The highest BCUT2D eigenvalue weighted by atomic mass is 32.1. The smallest absolute Gasteiger partial charge is 0.143 e. The summed E-state index contributed by atoms with van der Waals surface area (Å²) in [6.45, 7) is 2.76. The molecule has 0 spiro atoms. The van der Waals surface area contributed by atoms with E-state index in [0.717, 1.165) is 29.3 Å². The van der Waals surface area contributed by atoms with Crippen LogP contribution in [0.25, 0.3) is 0 Å². The molecular formula is C20H23N3O2S. The molecule has 0 radical (unpaired) electrons. The number of nitrogens with one attached hydrogen (secondary N) is 1. The fraction of sp³-hybridized carbons (Fsp3) is 0.300. The van der Waals surface area contributed by atoms with Gasteiger partial charge in [-0.2, -0.15) is 0 Å². The van der Waals surface area contributed by atoms with E-state index >= 15 is 0 Å². The van der Waals surface area contributed by atoms with Crippen molar-refractivity contribution in [1.29, 1.82) is 0 Å². The Morgan fingerprint density at radius 2 is 1.69 bits per heavy atom. The zero-order valence-corrected chi connectivity index (χ0v) is 15.6. The number of para-hydroxylation sites is 1. The van der Waals surface area contributed by atoms with Gasteiger partial charge in [0.2, 0.25) is 0 Å². The van der Waals surface area contributed by atoms with Crippen molar-refractivity contribution in [1.82, 2.24) is 15.5 Å². The molecule has 26 heavy (non-hydrogen) atoms. The molecule has 3 rings (SSSR count). The summed E-state index contributed by atoms with van der Waals surface area (Å²) in [5.74, 6) is 1.66. The van der Waals surface area contributed by atoms with Crippen molar-refractivity contribution in [3.63, 3.8) is 0 Å². The molecule has 5 nitrogen and oxygen atoms in total. The van der Waals surface area contributed by atoms with Crippen molar-refractivity contribution >= 4 is 11.3 Å². The van der Waals surface area contributed by atoms with Gasteiger partial charge in [0.25, 0.3) is 0 Å². The highest BCUT2D eigenvalue weighted by Gasteiger charge is 2.12. The van der Waals surface area contributed by atoms with Gasteiger partial charge in [-0.3, -0.25) is 0 Å². The van der Waals surface area contributed by atoms with Crippen molar-refractivity contribution in [2.75, 3.05) is 0 Å². The van der Waals surface area contributed by atoms with Gasteiger partial charge in [-0.1, -0.05) is 55.0 Å². The second-order valence-corrected chi connectivity index (χ2v) is 7.10. The van der Waals surface area contributed by atoms with Gasteiger partial charge in [0.05, 0.1) is 13.2 Å². The van der Waals surface area contributed by atoms with Gasteiger partial charge in [0.1, 0.15) is 21.5 Å². The van der Waals surface area contributed by atoms with Crippen LogP contribution in [0.15, 0.2) is 54.6 Å². The van der Waals surface area contributed by atoms with Gasteiger partial charge >= 0.3 is 0 Å². The Morgan fingerprint density at radius 3 is 2.35 bits per heavy atom. The van der Waals surface area contributed by atoms with E-state index < -0.39 is 0 Å². The molecule has 1 atom stereocenters. The molecular weight excluding hydrogens is 346 g/mol. The average Bonchev–Trinajstić information content (AvgIpc) is 3.15. The van der Waals surface area contributed by atoms with E-state index in [1.807, 2.05) is 42.5 Å². The number of ether oxygens (including phenoxy) is 1. The topological polar surface area (TPSA) is 67.3 Å². The van der Waals surface area contributed by atoms with E-state index in [-0.39, 0.29) is 12.6 Å². The van der Waals surface area contributed by atoms with Crippen molar-refractivity contribution in [2.45, 2.75) is 39.0 Å². The van der Waals surface area contributed by atoms with Crippen LogP contribution in [0.4, 0.5) is 0 Å². The molecule has 2 aromatic carbocycles. The third-order valence-electron chi connectivity index (χ3n) is 3.98. The molecule has 136 valence electrons. The minimum Gasteiger partial charge on any atom is -0.457 e. The first-order valence-electron chi connectivity index (χ1n) is 8.77. The van der Waals surface area contributed by atoms with Crippen LogP contribution in [-0.4, -0.2) is 15.3 Å². The largest absolute Gasteiger partial charge is 0.457 e. The summed E-state index contributed by atoms with van der Waals surface area (Å²) in [5.41, 5.74) is 1.22. The SMILES string of the molecule is CCCC(NCc1nnc(CO)s1)c1ccc(Oc2ccccc2)cc1. The lowest BCUT2D eigenvalue weighted by molar-refractivity contribution is 0.280. The van der Waals surface area contributed by atoms with Crippen molar-refractivity contribution < 1.29 is 9.84 Å². The number of aromatic nitrogens is 2. The zero-order chi connectivity index (χ0) is 18.2. The number of nitrogens with zero attached hydrogens (tertiary/aromatic N) is 2. The molecule has 0 fully saturated rings. The summed E-state index contributed by atoms with van der Waals surface area (Å²) >= 11 is 1.44. The summed E-state index contributed by atoms with van der Waals surface area (Å²) in [4.78, 5) is 0. The number of hydrogen-bond acceptors (Lipinski definition) is 6. The molecule has 0 aliphatic rings. The Kier molecular flexibility index (Phi) is 6.71. The normalized spacial score (nSPS) is 12.1. The lowest BCUT2D eigenvalue weighted by Crippen LogP contribution is -2.20. The van der Waals surface area contributed by atoms with Crippen LogP contribution in [0, 0.1) is 0 Å². The Bertz CT molecular complexity index is 790. The average molecular weight is 369 g/mol. The molecule has 3 aromatic rings. The van der Waals surface area contributed by atoms with Gasteiger partial charge in [0.15, 0.2) is 0 Å². The molecule has 6 heteroatoms. The Balaban J connectivity index is 1.63. The minimum absolute atomic E-state index is 0.0566. The third-order valence-corrected chi connectivity index (χ3v) is 4.89. The summed E-state index contributed by atoms with van der Waals surface area (Å²) in [6.07, 6.45) is 2.11. The monoisotopic (exact) mass is 369 g/mol. The molecule has 1 unspecified atom stereocenters. The van der Waals surface area contributed by atoms with Crippen molar-refractivity contribution in [3.8, 4) is 11.5 Å². The van der Waals surface area contributed by atoms with Gasteiger partial charge in [-0.15, -0.1) is 10.2 Å². The lowest BCUT2D eigenvalue weighted by Gasteiger charge is -2.18. The first kappa shape index (κ1) is 18.5. The predicted octanol–water partition coefficient (Wildman–Crippen LogP) is 4.45. The van der Waals surface area contributed by atoms with Gasteiger partial charge < -0.3 is 15.2 Å². The quantitative estimate of drug-likeness (QED) is 0.583. The number of benzene rings is 2. The Morgan fingerprint density at radius 1 is 1.00 bits per heavy atom. The number of hydrogen-bond donors (Lipinski definition) is 2. The number of aliphatic hydroxyl groups excluding tert-OH is 1. The molecule has 0 saturated heterocycles. The maximum atomic E-state index is 9.10. The van der Waals surface area contributed by atoms with Crippen LogP contribution in [0.1, 0.15) is 41.4 Å². The van der Waals surface area contributed by atoms with E-state index in [1.54, 1.807) is 0 Å². The highest BCUT2D eigenvalue weighted by molar-refractivity contribution is 7.11. The Hall–Kier alpha value is -2.28. The molecule has 1 aromatic heterocycles. The standard InChI is InChI=1S/C20H23N3O2S/c1-2-6-18(21-13-19-22-23-20(14-24)26-19)15-9-11-17(12-10-15)25-16-7-4-3-5-8-16/h3-5,7-12,18,21,24H,2,6,13-14H2,1H3. The Labute approximate surface area is 157 Å². The fourth-order valence-electron chi connectivity index (χ4n) is 2.70. The van der Waals surface area contributed by atoms with Crippen molar-refractivity contribution in [3.05, 3.63) is 70.2 Å². The molecule has 1 heterocycles. The summed E-state index contributed by atoms with van der Waals surface area (Å²) in [7, 11) is 0. The van der Waals surface area contributed by atoms with E-state index in [4.69, 9.17) is 9.84 Å². The van der Waals surface area contributed by atoms with Crippen molar-refractivity contribution in [2.24, 2.45) is 0 Å². The fourth-order valence-corrected chi connectivity index (χ4v) is 3.36. The van der Waals surface area contributed by atoms with Crippen LogP contribution >= 0.6 is 11.3 Å². The zero-order valence-electron chi connectivity index (χ0n) is 14.8. The van der Waals surface area contributed by atoms with E-state index in [0.29, 0.717) is 11.6 Å². The van der Waals surface area contributed by atoms with Gasteiger partial charge in [-0.05, 0) is 36.2 Å². The number of rotatable bonds is 9. The molecule has 2 N–H and O–H groups in total. The lowest BCUT2D eigenvalue weighted by atomic mass is 10.0. The molecule has 0 amide bonds. The first-order valence-corrected chi connectivity index (χ1v) is 9.58. The second kappa shape index (κ2) is 9.43. The molecule has 0 aliphatic heterocycles. The maximum absolute atomic E-state index is 9.10. The van der Waals surface area contributed by atoms with E-state index in [2.05, 4.69) is 34.6 Å². The van der Waals surface area contributed by atoms with Crippen LogP contribution in [0.5, 0.6) is 11.5 Å². The first-order chi connectivity index (χ1) is 12.8. The maximum Gasteiger partial charge on any atom is 0.143 e. The molecule has 0 bridgehead atoms. The van der Waals surface area contributed by atoms with Gasteiger partial charge in [0, 0.05) is 6.04 Å².